The Balaban J connectivity index is 1.60. The molecule has 3 aromatic rings. The topological polar surface area (TPSA) is 74.7 Å². The van der Waals surface area contributed by atoms with Crippen molar-refractivity contribution >= 4 is 22.5 Å². The maximum absolute atomic E-state index is 12.6. The molecular formula is C18H21N5O. The highest BCUT2D eigenvalue weighted by molar-refractivity contribution is 6.04. The first-order valence-corrected chi connectivity index (χ1v) is 8.43. The Hall–Kier alpha value is -2.60. The highest BCUT2D eigenvalue weighted by Gasteiger charge is 2.21. The molecule has 0 fully saturated rings. The second kappa shape index (κ2) is 6.13. The summed E-state index contributed by atoms with van der Waals surface area (Å²) in [6.07, 6.45) is 4.05. The monoisotopic (exact) mass is 323 g/mol. The lowest BCUT2D eigenvalue weighted by Crippen LogP contribution is -2.25. The van der Waals surface area contributed by atoms with Crippen molar-refractivity contribution in [1.82, 2.24) is 20.1 Å². The van der Waals surface area contributed by atoms with E-state index in [-0.39, 0.29) is 5.91 Å². The Morgan fingerprint density at radius 2 is 2.29 bits per heavy atom. The minimum Gasteiger partial charge on any atom is -0.347 e. The number of carbonyl (C=O) groups is 1. The number of hydrogen-bond donors (Lipinski definition) is 3. The van der Waals surface area contributed by atoms with Crippen LogP contribution in [0.3, 0.4) is 0 Å². The lowest BCUT2D eigenvalue weighted by molar-refractivity contribution is 0.102. The molecule has 0 aliphatic carbocycles. The molecule has 24 heavy (non-hydrogen) atoms. The van der Waals surface area contributed by atoms with E-state index in [4.69, 9.17) is 0 Å². The maximum Gasteiger partial charge on any atom is 0.276 e. The minimum absolute atomic E-state index is 0.163. The van der Waals surface area contributed by atoms with Gasteiger partial charge in [-0.1, -0.05) is 13.0 Å². The summed E-state index contributed by atoms with van der Waals surface area (Å²) in [5.74, 6) is -0.163. The molecule has 1 amide bonds. The summed E-state index contributed by atoms with van der Waals surface area (Å²) < 4.78 is 2.21. The van der Waals surface area contributed by atoms with Gasteiger partial charge in [-0.15, -0.1) is 0 Å². The predicted octanol–water partition coefficient (Wildman–Crippen LogP) is 2.67. The molecular weight excluding hydrogens is 302 g/mol. The van der Waals surface area contributed by atoms with Gasteiger partial charge in [0.1, 0.15) is 0 Å². The largest absolute Gasteiger partial charge is 0.347 e. The van der Waals surface area contributed by atoms with Gasteiger partial charge in [0.05, 0.1) is 5.52 Å². The number of carbonyl (C=O) groups excluding carboxylic acids is 1. The molecule has 6 heteroatoms. The molecule has 1 aromatic carbocycles. The quantitative estimate of drug-likeness (QED) is 0.691. The van der Waals surface area contributed by atoms with E-state index in [0.717, 1.165) is 48.4 Å². The minimum atomic E-state index is -0.163. The normalized spacial score (nSPS) is 13.9. The fourth-order valence-corrected chi connectivity index (χ4v) is 3.30. The zero-order valence-electron chi connectivity index (χ0n) is 13.7. The average molecular weight is 323 g/mol. The average Bonchev–Trinajstić information content (AvgIpc) is 3.19. The van der Waals surface area contributed by atoms with E-state index in [2.05, 4.69) is 44.6 Å². The van der Waals surface area contributed by atoms with Crippen molar-refractivity contribution in [2.75, 3.05) is 11.9 Å². The number of anilines is 1. The van der Waals surface area contributed by atoms with Gasteiger partial charge in [-0.2, -0.15) is 5.10 Å². The molecule has 0 bridgehead atoms. The highest BCUT2D eigenvalue weighted by Crippen LogP contribution is 2.22. The fourth-order valence-electron chi connectivity index (χ4n) is 3.30. The van der Waals surface area contributed by atoms with Crippen LogP contribution in [0.5, 0.6) is 0 Å². The summed E-state index contributed by atoms with van der Waals surface area (Å²) in [4.78, 5) is 12.6. The van der Waals surface area contributed by atoms with Gasteiger partial charge < -0.3 is 15.2 Å². The molecule has 0 unspecified atom stereocenters. The molecule has 0 saturated carbocycles. The molecule has 0 spiro atoms. The van der Waals surface area contributed by atoms with E-state index < -0.39 is 0 Å². The van der Waals surface area contributed by atoms with Crippen LogP contribution in [0.1, 0.15) is 35.1 Å². The zero-order chi connectivity index (χ0) is 16.5. The summed E-state index contributed by atoms with van der Waals surface area (Å²) in [5, 5.41) is 14.7. The van der Waals surface area contributed by atoms with E-state index in [9.17, 15) is 4.79 Å². The summed E-state index contributed by atoms with van der Waals surface area (Å²) in [6.45, 7) is 4.74. The van der Waals surface area contributed by atoms with Crippen LogP contribution in [-0.4, -0.2) is 27.2 Å². The molecule has 0 radical (unpaired) electrons. The second-order valence-electron chi connectivity index (χ2n) is 6.19. The number of hydrogen-bond acceptors (Lipinski definition) is 3. The number of aromatic nitrogens is 3. The van der Waals surface area contributed by atoms with Crippen molar-refractivity contribution in [2.45, 2.75) is 32.9 Å². The Morgan fingerprint density at radius 1 is 1.38 bits per heavy atom. The molecule has 3 N–H and O–H groups in total. The molecule has 6 nitrogen and oxygen atoms in total. The number of fused-ring (bicyclic) bond motifs is 2. The highest BCUT2D eigenvalue weighted by atomic mass is 16.1. The molecule has 4 rings (SSSR count). The van der Waals surface area contributed by atoms with Gasteiger partial charge in [0.15, 0.2) is 5.69 Å². The van der Waals surface area contributed by atoms with Crippen molar-refractivity contribution < 1.29 is 4.79 Å². The first-order valence-electron chi connectivity index (χ1n) is 8.43. The van der Waals surface area contributed by atoms with Crippen LogP contribution < -0.4 is 10.6 Å². The molecule has 3 heterocycles. The predicted molar refractivity (Wildman–Crippen MR) is 94.2 cm³/mol. The number of aryl methyl sites for hydroxylation is 1. The van der Waals surface area contributed by atoms with Gasteiger partial charge in [0.2, 0.25) is 0 Å². The van der Waals surface area contributed by atoms with Crippen molar-refractivity contribution in [3.8, 4) is 0 Å². The van der Waals surface area contributed by atoms with Crippen molar-refractivity contribution in [2.24, 2.45) is 0 Å². The number of aromatic amines is 1. The summed E-state index contributed by atoms with van der Waals surface area (Å²) >= 11 is 0. The van der Waals surface area contributed by atoms with Gasteiger partial charge in [-0.3, -0.25) is 9.89 Å². The Labute approximate surface area is 140 Å². The SMILES string of the molecule is CCCn1ccc2ccc(NC(=O)c3n[nH]c4c3CNCC4)cc21. The molecule has 124 valence electrons. The molecule has 0 saturated heterocycles. The molecule has 1 aliphatic heterocycles. The molecule has 2 aromatic heterocycles. The van der Waals surface area contributed by atoms with Gasteiger partial charge in [0, 0.05) is 49.2 Å². The van der Waals surface area contributed by atoms with Crippen LogP contribution >= 0.6 is 0 Å². The lowest BCUT2D eigenvalue weighted by Gasteiger charge is -2.13. The van der Waals surface area contributed by atoms with E-state index in [1.165, 1.54) is 5.39 Å². The lowest BCUT2D eigenvalue weighted by atomic mass is 10.1. The zero-order valence-corrected chi connectivity index (χ0v) is 13.7. The van der Waals surface area contributed by atoms with Gasteiger partial charge in [-0.25, -0.2) is 0 Å². The third-order valence-corrected chi connectivity index (χ3v) is 4.52. The smallest absolute Gasteiger partial charge is 0.276 e. The number of amides is 1. The van der Waals surface area contributed by atoms with E-state index in [0.29, 0.717) is 12.2 Å². The third-order valence-electron chi connectivity index (χ3n) is 4.52. The Morgan fingerprint density at radius 3 is 3.17 bits per heavy atom. The molecule has 0 atom stereocenters. The number of H-pyrrole nitrogens is 1. The van der Waals surface area contributed by atoms with Crippen LogP contribution in [0.25, 0.3) is 10.9 Å². The van der Waals surface area contributed by atoms with Gasteiger partial charge in [-0.05, 0) is 30.0 Å². The van der Waals surface area contributed by atoms with E-state index in [1.807, 2.05) is 18.2 Å². The van der Waals surface area contributed by atoms with E-state index >= 15 is 0 Å². The van der Waals surface area contributed by atoms with Crippen molar-refractivity contribution in [3.05, 3.63) is 47.4 Å². The van der Waals surface area contributed by atoms with Crippen LogP contribution in [0.4, 0.5) is 5.69 Å². The fraction of sp³-hybridized carbons (Fsp3) is 0.333. The summed E-state index contributed by atoms with van der Waals surface area (Å²) in [7, 11) is 0. The number of nitrogens with zero attached hydrogens (tertiary/aromatic N) is 2. The van der Waals surface area contributed by atoms with Gasteiger partial charge in [0.25, 0.3) is 5.91 Å². The molecule has 1 aliphatic rings. The first-order chi connectivity index (χ1) is 11.8. The summed E-state index contributed by atoms with van der Waals surface area (Å²) in [6, 6.07) is 8.11. The van der Waals surface area contributed by atoms with E-state index in [1.54, 1.807) is 0 Å². The standard InChI is InChI=1S/C18H21N5O/c1-2-8-23-9-6-12-3-4-13(10-16(12)23)20-18(24)17-14-11-19-7-5-15(14)21-22-17/h3-4,6,9-10,19H,2,5,7-8,11H2,1H3,(H,20,24)(H,21,22). The number of benzene rings is 1. The Bertz CT molecular complexity index is 892. The van der Waals surface area contributed by atoms with Crippen LogP contribution in [-0.2, 0) is 19.5 Å². The Kier molecular flexibility index (Phi) is 3.82. The number of nitrogens with one attached hydrogen (secondary N) is 3. The van der Waals surface area contributed by atoms with Crippen molar-refractivity contribution in [3.63, 3.8) is 0 Å². The maximum atomic E-state index is 12.6. The van der Waals surface area contributed by atoms with Crippen LogP contribution in [0.15, 0.2) is 30.5 Å². The van der Waals surface area contributed by atoms with Crippen molar-refractivity contribution in [1.29, 1.82) is 0 Å². The van der Waals surface area contributed by atoms with Crippen LogP contribution in [0.2, 0.25) is 0 Å². The third kappa shape index (κ3) is 2.59. The van der Waals surface area contributed by atoms with Gasteiger partial charge >= 0.3 is 0 Å². The number of rotatable bonds is 4. The second-order valence-corrected chi connectivity index (χ2v) is 6.19. The van der Waals surface area contributed by atoms with Crippen LogP contribution in [0, 0.1) is 0 Å². The first kappa shape index (κ1) is 15.0. The summed E-state index contributed by atoms with van der Waals surface area (Å²) in [5.41, 5.74) is 4.46.